The molecular formula is C11H15BrF2O4. The molecule has 0 aliphatic rings. The molecule has 0 amide bonds. The molecule has 0 saturated carbocycles. The van der Waals surface area contributed by atoms with Crippen LogP contribution in [0.25, 0.3) is 0 Å². The SMILES string of the molecule is CCOC(=O)C(C)(/C=C/C(F)(F)Br)C(=O)OCC. The summed E-state index contributed by atoms with van der Waals surface area (Å²) in [6.07, 6.45) is 1.18. The first-order valence-corrected chi connectivity index (χ1v) is 6.08. The first kappa shape index (κ1) is 17.0. The molecule has 0 fully saturated rings. The molecule has 0 aromatic carbocycles. The summed E-state index contributed by atoms with van der Waals surface area (Å²) in [5, 5.41) is 0. The van der Waals surface area contributed by atoms with Crippen LogP contribution in [0.3, 0.4) is 0 Å². The van der Waals surface area contributed by atoms with Gasteiger partial charge in [0.1, 0.15) is 0 Å². The molecule has 7 heteroatoms. The van der Waals surface area contributed by atoms with Crippen LogP contribution in [0, 0.1) is 5.41 Å². The molecule has 104 valence electrons. The van der Waals surface area contributed by atoms with Gasteiger partial charge in [0.2, 0.25) is 0 Å². The van der Waals surface area contributed by atoms with Crippen molar-refractivity contribution in [3.63, 3.8) is 0 Å². The van der Waals surface area contributed by atoms with Crippen LogP contribution in [0.5, 0.6) is 0 Å². The van der Waals surface area contributed by atoms with Crippen molar-refractivity contribution < 1.29 is 27.8 Å². The van der Waals surface area contributed by atoms with Gasteiger partial charge >= 0.3 is 16.8 Å². The lowest BCUT2D eigenvalue weighted by molar-refractivity contribution is -0.166. The van der Waals surface area contributed by atoms with Crippen LogP contribution < -0.4 is 0 Å². The lowest BCUT2D eigenvalue weighted by atomic mass is 9.90. The van der Waals surface area contributed by atoms with Gasteiger partial charge in [0, 0.05) is 0 Å². The van der Waals surface area contributed by atoms with E-state index in [1.165, 1.54) is 0 Å². The fourth-order valence-electron chi connectivity index (χ4n) is 1.04. The van der Waals surface area contributed by atoms with Crippen molar-refractivity contribution in [3.05, 3.63) is 12.2 Å². The molecular weight excluding hydrogens is 314 g/mol. The first-order valence-electron chi connectivity index (χ1n) is 5.29. The molecule has 0 aliphatic carbocycles. The molecule has 0 rings (SSSR count). The zero-order valence-corrected chi connectivity index (χ0v) is 11.9. The second-order valence-corrected chi connectivity index (χ2v) is 4.58. The van der Waals surface area contributed by atoms with E-state index in [2.05, 4.69) is 25.4 Å². The number of rotatable bonds is 6. The number of ether oxygens (including phenoxy) is 2. The Balaban J connectivity index is 5.22. The number of halogens is 3. The standard InChI is InChI=1S/C11H15BrF2O4/c1-4-17-8(15)10(3,9(16)18-5-2)6-7-11(12,13)14/h6-7H,4-5H2,1-3H3/b7-6+. The predicted octanol–water partition coefficient (Wildman–Crippen LogP) is 2.66. The van der Waals surface area contributed by atoms with Gasteiger partial charge in [0.05, 0.1) is 13.2 Å². The Kier molecular flexibility index (Phi) is 6.45. The summed E-state index contributed by atoms with van der Waals surface area (Å²) < 4.78 is 34.7. The Hall–Kier alpha value is -0.980. The Morgan fingerprint density at radius 2 is 1.50 bits per heavy atom. The number of hydrogen-bond acceptors (Lipinski definition) is 4. The van der Waals surface area contributed by atoms with Crippen molar-refractivity contribution >= 4 is 27.9 Å². The van der Waals surface area contributed by atoms with Gasteiger partial charge in [-0.3, -0.25) is 9.59 Å². The number of carbonyl (C=O) groups is 2. The van der Waals surface area contributed by atoms with Crippen LogP contribution in [-0.2, 0) is 19.1 Å². The molecule has 0 aliphatic heterocycles. The van der Waals surface area contributed by atoms with Gasteiger partial charge in [-0.05, 0) is 42.8 Å². The van der Waals surface area contributed by atoms with Crippen LogP contribution in [0.15, 0.2) is 12.2 Å². The maximum atomic E-state index is 12.7. The summed E-state index contributed by atoms with van der Waals surface area (Å²) >= 11 is 2.08. The zero-order chi connectivity index (χ0) is 14.4. The van der Waals surface area contributed by atoms with E-state index in [9.17, 15) is 18.4 Å². The Labute approximate surface area is 112 Å². The second-order valence-electron chi connectivity index (χ2n) is 3.52. The molecule has 18 heavy (non-hydrogen) atoms. The van der Waals surface area contributed by atoms with Crippen molar-refractivity contribution in [2.24, 2.45) is 5.41 Å². The van der Waals surface area contributed by atoms with Crippen LogP contribution >= 0.6 is 15.9 Å². The lowest BCUT2D eigenvalue weighted by Gasteiger charge is -2.21. The Bertz CT molecular complexity index is 318. The third kappa shape index (κ3) is 5.12. The van der Waals surface area contributed by atoms with Gasteiger partial charge in [0.15, 0.2) is 5.41 Å². The molecule has 0 unspecified atom stereocenters. The highest BCUT2D eigenvalue weighted by atomic mass is 79.9. The molecule has 0 saturated heterocycles. The van der Waals surface area contributed by atoms with E-state index < -0.39 is 22.2 Å². The largest absolute Gasteiger partial charge is 0.465 e. The van der Waals surface area contributed by atoms with Crippen molar-refractivity contribution in [2.75, 3.05) is 13.2 Å². The van der Waals surface area contributed by atoms with E-state index in [4.69, 9.17) is 0 Å². The van der Waals surface area contributed by atoms with E-state index in [0.717, 1.165) is 13.0 Å². The van der Waals surface area contributed by atoms with Gasteiger partial charge in [-0.15, -0.1) is 0 Å². The average molecular weight is 329 g/mol. The van der Waals surface area contributed by atoms with E-state index in [1.807, 2.05) is 0 Å². The summed E-state index contributed by atoms with van der Waals surface area (Å²) in [5.74, 6) is -1.87. The maximum absolute atomic E-state index is 12.7. The fourth-order valence-corrected chi connectivity index (χ4v) is 1.17. The zero-order valence-electron chi connectivity index (χ0n) is 10.3. The second kappa shape index (κ2) is 6.82. The molecule has 0 N–H and O–H groups in total. The van der Waals surface area contributed by atoms with E-state index >= 15 is 0 Å². The van der Waals surface area contributed by atoms with Crippen LogP contribution in [0.4, 0.5) is 8.78 Å². The molecule has 0 aromatic rings. The quantitative estimate of drug-likeness (QED) is 0.325. The highest BCUT2D eigenvalue weighted by Gasteiger charge is 2.42. The van der Waals surface area contributed by atoms with Gasteiger partial charge in [-0.25, -0.2) is 0 Å². The smallest absolute Gasteiger partial charge is 0.327 e. The Morgan fingerprint density at radius 1 is 1.11 bits per heavy atom. The third-order valence-corrected chi connectivity index (χ3v) is 2.27. The molecule has 0 bridgehead atoms. The Morgan fingerprint density at radius 3 is 1.78 bits per heavy atom. The predicted molar refractivity (Wildman–Crippen MR) is 64.4 cm³/mol. The average Bonchev–Trinajstić information content (AvgIpc) is 2.25. The van der Waals surface area contributed by atoms with Gasteiger partial charge < -0.3 is 9.47 Å². The first-order chi connectivity index (χ1) is 8.17. The van der Waals surface area contributed by atoms with Crippen LogP contribution in [0.1, 0.15) is 20.8 Å². The molecule has 0 heterocycles. The van der Waals surface area contributed by atoms with Crippen molar-refractivity contribution in [2.45, 2.75) is 25.6 Å². The number of carbonyl (C=O) groups excluding carboxylic acids is 2. The summed E-state index contributed by atoms with van der Waals surface area (Å²) in [4.78, 5) is 20.0. The molecule has 0 atom stereocenters. The van der Waals surface area contributed by atoms with Crippen molar-refractivity contribution in [1.82, 2.24) is 0 Å². The minimum atomic E-state index is -3.31. The maximum Gasteiger partial charge on any atom is 0.327 e. The lowest BCUT2D eigenvalue weighted by Crippen LogP contribution is -2.38. The van der Waals surface area contributed by atoms with Crippen molar-refractivity contribution in [3.8, 4) is 0 Å². The van der Waals surface area contributed by atoms with Crippen LogP contribution in [0.2, 0.25) is 0 Å². The normalized spacial score (nSPS) is 12.6. The number of alkyl halides is 3. The van der Waals surface area contributed by atoms with E-state index in [-0.39, 0.29) is 13.2 Å². The highest BCUT2D eigenvalue weighted by Crippen LogP contribution is 2.29. The van der Waals surface area contributed by atoms with Gasteiger partial charge in [-0.1, -0.05) is 6.08 Å². The number of hydrogen-bond donors (Lipinski definition) is 0. The summed E-state index contributed by atoms with van der Waals surface area (Å²) in [6, 6.07) is 0. The number of allylic oxidation sites excluding steroid dienone is 1. The summed E-state index contributed by atoms with van der Waals surface area (Å²) in [5.41, 5.74) is -1.89. The van der Waals surface area contributed by atoms with E-state index in [0.29, 0.717) is 6.08 Å². The van der Waals surface area contributed by atoms with Gasteiger partial charge in [0.25, 0.3) is 0 Å². The summed E-state index contributed by atoms with van der Waals surface area (Å²) in [7, 11) is 0. The highest BCUT2D eigenvalue weighted by molar-refractivity contribution is 9.10. The van der Waals surface area contributed by atoms with Gasteiger partial charge in [-0.2, -0.15) is 8.78 Å². The van der Waals surface area contributed by atoms with Crippen molar-refractivity contribution in [1.29, 1.82) is 0 Å². The topological polar surface area (TPSA) is 52.6 Å². The third-order valence-electron chi connectivity index (χ3n) is 2.00. The fraction of sp³-hybridized carbons (Fsp3) is 0.636. The van der Waals surface area contributed by atoms with E-state index in [1.54, 1.807) is 13.8 Å². The molecule has 0 spiro atoms. The van der Waals surface area contributed by atoms with Crippen LogP contribution in [-0.4, -0.2) is 30.0 Å². The molecule has 0 radical (unpaired) electrons. The minimum absolute atomic E-state index is 0.0341. The minimum Gasteiger partial charge on any atom is -0.465 e. The molecule has 0 aromatic heterocycles. The monoisotopic (exact) mass is 328 g/mol. The molecule has 4 nitrogen and oxygen atoms in total. The number of esters is 2. The summed E-state index contributed by atoms with van der Waals surface area (Å²) in [6.45, 7) is 4.33.